The fourth-order valence-electron chi connectivity index (χ4n) is 0.431. The van der Waals surface area contributed by atoms with Crippen LogP contribution in [0.15, 0.2) is 0 Å². The van der Waals surface area contributed by atoms with Gasteiger partial charge in [0.1, 0.15) is 0 Å². The number of carboxylic acid groups (broad SMARTS) is 4. The van der Waals surface area contributed by atoms with E-state index in [1.807, 2.05) is 6.92 Å². The highest BCUT2D eigenvalue weighted by Crippen LogP contribution is 2.08. The zero-order chi connectivity index (χ0) is 15.8. The Morgan fingerprint density at radius 2 is 1.47 bits per heavy atom. The van der Waals surface area contributed by atoms with Gasteiger partial charge in [-0.3, -0.25) is 0 Å². The van der Waals surface area contributed by atoms with Gasteiger partial charge in [0.05, 0.1) is 0 Å². The van der Waals surface area contributed by atoms with E-state index in [4.69, 9.17) is 46.9 Å². The van der Waals surface area contributed by atoms with E-state index in [9.17, 15) is 0 Å². The summed E-state index contributed by atoms with van der Waals surface area (Å²) in [7, 11) is 0. The van der Waals surface area contributed by atoms with Crippen molar-refractivity contribution in [2.45, 2.75) is 38.5 Å². The molecule has 2 unspecified atom stereocenters. The fraction of sp³-hybridized carbons (Fsp3) is 0.750. The molecule has 0 radical (unpaired) electrons. The number of hydrogen-bond donors (Lipinski definition) is 5. The molecule has 0 heterocycles. The van der Waals surface area contributed by atoms with Crippen LogP contribution in [0.2, 0.25) is 0 Å². The van der Waals surface area contributed by atoms with E-state index in [2.05, 4.69) is 14.7 Å². The van der Waals surface area contributed by atoms with Gasteiger partial charge in [0.15, 0.2) is 5.56 Å². The monoisotopic (exact) mass is 308 g/mol. The Kier molecular flexibility index (Phi) is 20.0. The minimum atomic E-state index is -1.83. The molecule has 0 spiro atoms. The zero-order valence-corrected chi connectivity index (χ0v) is 11.0. The largest absolute Gasteiger partial charge is 0.503 e. The second-order valence-corrected chi connectivity index (χ2v) is 3.12. The van der Waals surface area contributed by atoms with Crippen LogP contribution in [0.3, 0.4) is 0 Å². The van der Waals surface area contributed by atoms with Crippen molar-refractivity contribution in [1.82, 2.24) is 0 Å². The van der Waals surface area contributed by atoms with Crippen molar-refractivity contribution in [1.29, 1.82) is 0 Å². The number of hydrogen-bond acceptors (Lipinski definition) is 6. The maximum Gasteiger partial charge on any atom is 0.503 e. The minimum absolute atomic E-state index is 0.488. The molecule has 0 aliphatic carbocycles. The van der Waals surface area contributed by atoms with Gasteiger partial charge < -0.3 is 20.4 Å². The van der Waals surface area contributed by atoms with Crippen molar-refractivity contribution in [2.24, 2.45) is 0 Å². The standard InChI is InChI=1S/C6H13ClO4.2CH2O3/c1-3-4-6(7)11-10-5(2)9-8;2*2-1(3)4/h5-6,8H,3-4H2,1-2H3;2*(H2,2,3,4). The summed E-state index contributed by atoms with van der Waals surface area (Å²) in [6.45, 7) is 3.46. The molecule has 0 aliphatic heterocycles. The molecule has 0 aromatic heterocycles. The van der Waals surface area contributed by atoms with Gasteiger partial charge in [-0.25, -0.2) is 29.5 Å². The molecule has 0 fully saturated rings. The molecule has 0 aromatic rings. The van der Waals surface area contributed by atoms with Gasteiger partial charge in [-0.15, -0.1) is 0 Å². The Hall–Kier alpha value is -1.33. The quantitative estimate of drug-likeness (QED) is 0.213. The van der Waals surface area contributed by atoms with Crippen molar-refractivity contribution in [3.8, 4) is 0 Å². The van der Waals surface area contributed by atoms with Gasteiger partial charge >= 0.3 is 12.3 Å². The van der Waals surface area contributed by atoms with Gasteiger partial charge in [0.25, 0.3) is 0 Å². The van der Waals surface area contributed by atoms with Crippen LogP contribution in [-0.4, -0.2) is 49.8 Å². The van der Waals surface area contributed by atoms with E-state index < -0.39 is 24.2 Å². The topological polar surface area (TPSA) is 163 Å². The average molecular weight is 309 g/mol. The highest BCUT2D eigenvalue weighted by molar-refractivity contribution is 6.19. The first-order valence-corrected chi connectivity index (χ1v) is 5.21. The van der Waals surface area contributed by atoms with Crippen LogP contribution in [0, 0.1) is 0 Å². The number of carbonyl (C=O) groups is 2. The molecule has 0 saturated heterocycles. The Morgan fingerprint density at radius 1 is 1.11 bits per heavy atom. The summed E-state index contributed by atoms with van der Waals surface area (Å²) in [6, 6.07) is 0. The first-order chi connectivity index (χ1) is 8.67. The predicted octanol–water partition coefficient (Wildman–Crippen LogP) is 2.58. The molecule has 116 valence electrons. The van der Waals surface area contributed by atoms with E-state index >= 15 is 0 Å². The van der Waals surface area contributed by atoms with Crippen LogP contribution in [0.1, 0.15) is 26.7 Å². The van der Waals surface area contributed by atoms with Crippen LogP contribution in [0.4, 0.5) is 9.59 Å². The first-order valence-electron chi connectivity index (χ1n) is 4.77. The Morgan fingerprint density at radius 3 is 1.74 bits per heavy atom. The highest BCUT2D eigenvalue weighted by Gasteiger charge is 2.07. The van der Waals surface area contributed by atoms with Crippen molar-refractivity contribution < 1.29 is 49.9 Å². The molecule has 10 nitrogen and oxygen atoms in total. The van der Waals surface area contributed by atoms with Gasteiger partial charge in [0, 0.05) is 0 Å². The molecule has 2 atom stereocenters. The SMILES string of the molecule is CCCC(Cl)OOC(C)OO.O=C(O)O.O=C(O)O. The molecule has 11 heteroatoms. The highest BCUT2D eigenvalue weighted by atomic mass is 35.5. The van der Waals surface area contributed by atoms with Crippen molar-refractivity contribution in [2.75, 3.05) is 0 Å². The summed E-state index contributed by atoms with van der Waals surface area (Å²) in [6.07, 6.45) is -2.88. The lowest BCUT2D eigenvalue weighted by molar-refractivity contribution is -0.447. The molecular formula is C8H17ClO10. The molecular weight excluding hydrogens is 292 g/mol. The van der Waals surface area contributed by atoms with Crippen LogP contribution in [0.25, 0.3) is 0 Å². The maximum absolute atomic E-state index is 8.56. The maximum atomic E-state index is 8.56. The second-order valence-electron chi connectivity index (χ2n) is 2.63. The zero-order valence-electron chi connectivity index (χ0n) is 10.2. The predicted molar refractivity (Wildman–Crippen MR) is 61.2 cm³/mol. The van der Waals surface area contributed by atoms with Crippen molar-refractivity contribution >= 4 is 23.9 Å². The van der Waals surface area contributed by atoms with Crippen LogP contribution >= 0.6 is 11.6 Å². The fourth-order valence-corrected chi connectivity index (χ4v) is 0.691. The Balaban J connectivity index is -0.000000264. The summed E-state index contributed by atoms with van der Waals surface area (Å²) in [5, 5.41) is 35.9. The Bertz CT molecular complexity index is 204. The molecule has 0 aliphatic rings. The lowest BCUT2D eigenvalue weighted by Gasteiger charge is -2.11. The molecule has 19 heavy (non-hydrogen) atoms. The number of rotatable bonds is 6. The van der Waals surface area contributed by atoms with Gasteiger partial charge in [-0.1, -0.05) is 24.9 Å². The third-order valence-corrected chi connectivity index (χ3v) is 1.25. The van der Waals surface area contributed by atoms with E-state index in [1.165, 1.54) is 6.92 Å². The van der Waals surface area contributed by atoms with Crippen molar-refractivity contribution in [3.63, 3.8) is 0 Å². The first kappa shape index (κ1) is 22.8. The summed E-state index contributed by atoms with van der Waals surface area (Å²) in [5.74, 6) is 0. The average Bonchev–Trinajstić information content (AvgIpc) is 2.24. The summed E-state index contributed by atoms with van der Waals surface area (Å²) in [5.41, 5.74) is -0.488. The lowest BCUT2D eigenvalue weighted by atomic mass is 10.4. The van der Waals surface area contributed by atoms with E-state index in [-0.39, 0.29) is 0 Å². The molecule has 0 amide bonds. The molecule has 0 aromatic carbocycles. The smallest absolute Gasteiger partial charge is 0.450 e. The molecule has 0 rings (SSSR count). The minimum Gasteiger partial charge on any atom is -0.450 e. The van der Waals surface area contributed by atoms with E-state index in [1.54, 1.807) is 0 Å². The second kappa shape index (κ2) is 16.7. The third-order valence-electron chi connectivity index (χ3n) is 0.960. The number of alkyl halides is 1. The number of halogens is 1. The van der Waals surface area contributed by atoms with Crippen LogP contribution in [0.5, 0.6) is 0 Å². The normalized spacial score (nSPS) is 12.0. The van der Waals surface area contributed by atoms with Gasteiger partial charge in [0.2, 0.25) is 6.29 Å². The van der Waals surface area contributed by atoms with Gasteiger partial charge in [-0.2, -0.15) is 0 Å². The van der Waals surface area contributed by atoms with E-state index in [0.29, 0.717) is 6.42 Å². The third kappa shape index (κ3) is 47.7. The molecule has 0 bridgehead atoms. The van der Waals surface area contributed by atoms with Crippen LogP contribution < -0.4 is 0 Å². The summed E-state index contributed by atoms with van der Waals surface area (Å²) < 4.78 is 0. The molecule has 5 N–H and O–H groups in total. The van der Waals surface area contributed by atoms with Gasteiger partial charge in [-0.05, 0) is 13.3 Å². The van der Waals surface area contributed by atoms with Crippen molar-refractivity contribution in [3.05, 3.63) is 0 Å². The molecule has 0 saturated carbocycles. The van der Waals surface area contributed by atoms with E-state index in [0.717, 1.165) is 6.42 Å². The summed E-state index contributed by atoms with van der Waals surface area (Å²) >= 11 is 5.60. The Labute approximate surface area is 113 Å². The summed E-state index contributed by atoms with van der Waals surface area (Å²) in [4.78, 5) is 30.0. The van der Waals surface area contributed by atoms with Crippen LogP contribution in [-0.2, 0) is 14.7 Å². The lowest BCUT2D eigenvalue weighted by Crippen LogP contribution is -2.15.